The van der Waals surface area contributed by atoms with Crippen LogP contribution in [0.4, 0.5) is 5.69 Å². The van der Waals surface area contributed by atoms with E-state index >= 15 is 0 Å². The van der Waals surface area contributed by atoms with Crippen LogP contribution in [0.3, 0.4) is 0 Å². The van der Waals surface area contributed by atoms with E-state index in [1.807, 2.05) is 6.92 Å². The highest BCUT2D eigenvalue weighted by Gasteiger charge is 2.21. The second kappa shape index (κ2) is 8.66. The number of ether oxygens (including phenoxy) is 1. The number of hydrogen-bond donors (Lipinski definition) is 1. The summed E-state index contributed by atoms with van der Waals surface area (Å²) in [6, 6.07) is 8.66. The highest BCUT2D eigenvalue weighted by molar-refractivity contribution is 7.90. The number of benzene rings is 1. The van der Waals surface area contributed by atoms with Gasteiger partial charge in [0, 0.05) is 36.7 Å². The Morgan fingerprint density at radius 2 is 2.03 bits per heavy atom. The summed E-state index contributed by atoms with van der Waals surface area (Å²) in [4.78, 5) is 22.5. The van der Waals surface area contributed by atoms with Crippen molar-refractivity contribution in [3.8, 4) is 5.75 Å². The first-order chi connectivity index (χ1) is 14.8. The number of pyridine rings is 1. The van der Waals surface area contributed by atoms with E-state index in [0.29, 0.717) is 22.5 Å². The topological polar surface area (TPSA) is 103 Å². The Hall–Kier alpha value is -2.94. The number of aryl methyl sites for hydroxylation is 3. The molecule has 0 bridgehead atoms. The molecule has 0 fully saturated rings. The van der Waals surface area contributed by atoms with Crippen molar-refractivity contribution in [1.29, 1.82) is 0 Å². The van der Waals surface area contributed by atoms with Crippen LogP contribution in [0.5, 0.6) is 5.75 Å². The quantitative estimate of drug-likeness (QED) is 0.629. The van der Waals surface area contributed by atoms with Crippen LogP contribution in [0.15, 0.2) is 30.3 Å². The summed E-state index contributed by atoms with van der Waals surface area (Å²) < 4.78 is 30.2. The second-order valence-corrected chi connectivity index (χ2v) is 10.2. The fourth-order valence-electron chi connectivity index (χ4n) is 3.76. The average Bonchev–Trinajstić information content (AvgIpc) is 2.88. The second-order valence-electron chi connectivity index (χ2n) is 7.93. The average molecular weight is 443 g/mol. The standard InChI is InChI=1S/C22H26N4O4S/c1-15-13-18(20-21(23-15)26-10-5-3-4-9-19(26)25-20)22(27)24-16-7-6-8-17(14-16)30-11-12-31(2,28)29/h6-8,13-14H,3-5,9-12H2,1-2H3,(H,24,27). The van der Waals surface area contributed by atoms with Crippen LogP contribution in [0.1, 0.15) is 41.1 Å². The minimum absolute atomic E-state index is 0.0562. The van der Waals surface area contributed by atoms with Gasteiger partial charge < -0.3 is 14.6 Å². The highest BCUT2D eigenvalue weighted by atomic mass is 32.2. The van der Waals surface area contributed by atoms with Crippen LogP contribution in [-0.4, -0.2) is 47.5 Å². The smallest absolute Gasteiger partial charge is 0.258 e. The molecule has 0 saturated carbocycles. The number of carbonyl (C=O) groups excluding carboxylic acids is 1. The predicted molar refractivity (Wildman–Crippen MR) is 119 cm³/mol. The summed E-state index contributed by atoms with van der Waals surface area (Å²) in [5.41, 5.74) is 3.21. The monoisotopic (exact) mass is 442 g/mol. The number of amides is 1. The Morgan fingerprint density at radius 3 is 2.84 bits per heavy atom. The van der Waals surface area contributed by atoms with Crippen LogP contribution < -0.4 is 10.1 Å². The van der Waals surface area contributed by atoms with Gasteiger partial charge in [0.05, 0.1) is 11.3 Å². The van der Waals surface area contributed by atoms with E-state index < -0.39 is 9.84 Å². The van der Waals surface area contributed by atoms with Crippen molar-refractivity contribution in [2.24, 2.45) is 0 Å². The third kappa shape index (κ3) is 5.04. The molecule has 0 saturated heterocycles. The molecule has 31 heavy (non-hydrogen) atoms. The summed E-state index contributed by atoms with van der Waals surface area (Å²) in [6.07, 6.45) is 5.41. The van der Waals surface area contributed by atoms with Gasteiger partial charge in [-0.2, -0.15) is 0 Å². The molecule has 0 unspecified atom stereocenters. The Bertz CT molecular complexity index is 1230. The summed E-state index contributed by atoms with van der Waals surface area (Å²) in [5, 5.41) is 2.90. The zero-order valence-corrected chi connectivity index (χ0v) is 18.5. The molecule has 0 spiro atoms. The SMILES string of the molecule is Cc1cc(C(=O)Nc2cccc(OCCS(C)(=O)=O)c2)c2nc3n(c2n1)CCCCC3. The van der Waals surface area contributed by atoms with Crippen molar-refractivity contribution in [1.82, 2.24) is 14.5 Å². The van der Waals surface area contributed by atoms with Crippen LogP contribution in [-0.2, 0) is 22.8 Å². The van der Waals surface area contributed by atoms with Gasteiger partial charge in [-0.1, -0.05) is 12.5 Å². The minimum Gasteiger partial charge on any atom is -0.492 e. The predicted octanol–water partition coefficient (Wildman–Crippen LogP) is 3.14. The number of nitrogens with zero attached hydrogens (tertiary/aromatic N) is 3. The number of anilines is 1. The maximum absolute atomic E-state index is 13.1. The molecule has 8 nitrogen and oxygen atoms in total. The Balaban J connectivity index is 1.57. The molecule has 3 aromatic rings. The van der Waals surface area contributed by atoms with Gasteiger partial charge in [-0.05, 0) is 38.0 Å². The molecule has 2 aromatic heterocycles. The Morgan fingerprint density at radius 1 is 1.19 bits per heavy atom. The van der Waals surface area contributed by atoms with Crippen molar-refractivity contribution in [2.45, 2.75) is 39.2 Å². The van der Waals surface area contributed by atoms with Crippen LogP contribution in [0.2, 0.25) is 0 Å². The molecule has 1 aliphatic rings. The van der Waals surface area contributed by atoms with Crippen molar-refractivity contribution >= 4 is 32.6 Å². The zero-order valence-electron chi connectivity index (χ0n) is 17.7. The summed E-state index contributed by atoms with van der Waals surface area (Å²) in [7, 11) is -3.10. The van der Waals surface area contributed by atoms with E-state index in [1.165, 1.54) is 12.7 Å². The van der Waals surface area contributed by atoms with E-state index in [1.54, 1.807) is 30.3 Å². The van der Waals surface area contributed by atoms with E-state index in [4.69, 9.17) is 9.72 Å². The van der Waals surface area contributed by atoms with E-state index in [0.717, 1.165) is 43.0 Å². The van der Waals surface area contributed by atoms with Gasteiger partial charge in [-0.15, -0.1) is 0 Å². The molecule has 9 heteroatoms. The van der Waals surface area contributed by atoms with Crippen molar-refractivity contribution in [3.63, 3.8) is 0 Å². The molecule has 0 aliphatic carbocycles. The fraction of sp³-hybridized carbons (Fsp3) is 0.409. The Labute approximate surface area is 181 Å². The zero-order chi connectivity index (χ0) is 22.0. The molecule has 1 aliphatic heterocycles. The number of imidazole rings is 1. The van der Waals surface area contributed by atoms with E-state index in [2.05, 4.69) is 14.9 Å². The maximum atomic E-state index is 13.1. The molecule has 1 amide bonds. The normalized spacial score (nSPS) is 14.1. The van der Waals surface area contributed by atoms with Crippen LogP contribution in [0.25, 0.3) is 11.2 Å². The first-order valence-electron chi connectivity index (χ1n) is 10.4. The van der Waals surface area contributed by atoms with Crippen LogP contribution >= 0.6 is 0 Å². The van der Waals surface area contributed by atoms with Gasteiger partial charge in [0.25, 0.3) is 5.91 Å². The number of aromatic nitrogens is 3. The molecule has 0 atom stereocenters. The summed E-state index contributed by atoms with van der Waals surface area (Å²) >= 11 is 0. The lowest BCUT2D eigenvalue weighted by atomic mass is 10.1. The van der Waals surface area contributed by atoms with Crippen LogP contribution in [0, 0.1) is 6.92 Å². The van der Waals surface area contributed by atoms with Gasteiger partial charge in [0.15, 0.2) is 15.5 Å². The minimum atomic E-state index is -3.10. The number of rotatable bonds is 6. The van der Waals surface area contributed by atoms with Gasteiger partial charge >= 0.3 is 0 Å². The lowest BCUT2D eigenvalue weighted by molar-refractivity contribution is 0.102. The summed E-state index contributed by atoms with van der Waals surface area (Å²) in [6.45, 7) is 2.81. The summed E-state index contributed by atoms with van der Waals surface area (Å²) in [5.74, 6) is 1.15. The third-order valence-corrected chi connectivity index (χ3v) is 6.16. The molecular weight excluding hydrogens is 416 g/mol. The molecule has 164 valence electrons. The number of nitrogens with one attached hydrogen (secondary N) is 1. The number of sulfone groups is 1. The van der Waals surface area contributed by atoms with Gasteiger partial charge in [0.1, 0.15) is 23.7 Å². The first-order valence-corrected chi connectivity index (χ1v) is 12.4. The molecule has 1 N–H and O–H groups in total. The van der Waals surface area contributed by atoms with Crippen molar-refractivity contribution in [3.05, 3.63) is 47.4 Å². The lowest BCUT2D eigenvalue weighted by Gasteiger charge is -2.10. The molecular formula is C22H26N4O4S. The molecule has 0 radical (unpaired) electrons. The molecule has 3 heterocycles. The largest absolute Gasteiger partial charge is 0.492 e. The van der Waals surface area contributed by atoms with E-state index in [-0.39, 0.29) is 18.3 Å². The van der Waals surface area contributed by atoms with E-state index in [9.17, 15) is 13.2 Å². The molecule has 4 rings (SSSR count). The lowest BCUT2D eigenvalue weighted by Crippen LogP contribution is -2.14. The fourth-order valence-corrected chi connectivity index (χ4v) is 4.15. The van der Waals surface area contributed by atoms with Gasteiger partial charge in [-0.3, -0.25) is 4.79 Å². The van der Waals surface area contributed by atoms with Gasteiger partial charge in [-0.25, -0.2) is 18.4 Å². The Kier molecular flexibility index (Phi) is 5.95. The van der Waals surface area contributed by atoms with Crippen molar-refractivity contribution in [2.75, 3.05) is 23.9 Å². The van der Waals surface area contributed by atoms with Gasteiger partial charge in [0.2, 0.25) is 0 Å². The molecule has 1 aromatic carbocycles. The number of hydrogen-bond acceptors (Lipinski definition) is 6. The first kappa shape index (κ1) is 21.3. The number of fused-ring (bicyclic) bond motifs is 3. The highest BCUT2D eigenvalue weighted by Crippen LogP contribution is 2.25. The van der Waals surface area contributed by atoms with Crippen molar-refractivity contribution < 1.29 is 17.9 Å². The number of carbonyl (C=O) groups is 1. The maximum Gasteiger partial charge on any atom is 0.258 e. The third-order valence-electron chi connectivity index (χ3n) is 5.25.